The van der Waals surface area contributed by atoms with Crippen LogP contribution in [0.5, 0.6) is 0 Å². The van der Waals surface area contributed by atoms with E-state index in [0.29, 0.717) is 29.3 Å². The lowest BCUT2D eigenvalue weighted by Crippen LogP contribution is -2.42. The number of ketones is 1. The highest BCUT2D eigenvalue weighted by atomic mass is 35.5. The summed E-state index contributed by atoms with van der Waals surface area (Å²) < 4.78 is 0. The van der Waals surface area contributed by atoms with Crippen LogP contribution in [-0.2, 0) is 16.0 Å². The monoisotopic (exact) mass is 405 g/mol. The predicted molar refractivity (Wildman–Crippen MR) is 106 cm³/mol. The van der Waals surface area contributed by atoms with Crippen molar-refractivity contribution in [2.24, 2.45) is 5.92 Å². The van der Waals surface area contributed by atoms with Gasteiger partial charge in [-0.1, -0.05) is 47.5 Å². The number of hydrogen-bond donors (Lipinski definition) is 2. The van der Waals surface area contributed by atoms with Crippen LogP contribution in [0.4, 0.5) is 0 Å². The van der Waals surface area contributed by atoms with Crippen molar-refractivity contribution in [3.63, 3.8) is 0 Å². The molecule has 0 radical (unpaired) electrons. The highest BCUT2D eigenvalue weighted by Gasteiger charge is 2.31. The Bertz CT molecular complexity index is 805. The number of rotatable bonds is 6. The maximum absolute atomic E-state index is 12.4. The van der Waals surface area contributed by atoms with Gasteiger partial charge in [0, 0.05) is 34.7 Å². The molecule has 2 aromatic rings. The van der Waals surface area contributed by atoms with Crippen molar-refractivity contribution in [1.82, 2.24) is 5.32 Å². The molecule has 2 N–H and O–H groups in total. The van der Waals surface area contributed by atoms with Crippen LogP contribution in [0.25, 0.3) is 0 Å². The maximum Gasteiger partial charge on any atom is 0.225 e. The van der Waals surface area contributed by atoms with Gasteiger partial charge in [-0.2, -0.15) is 0 Å². The van der Waals surface area contributed by atoms with Crippen LogP contribution < -0.4 is 5.32 Å². The lowest BCUT2D eigenvalue weighted by molar-refractivity contribution is -0.129. The van der Waals surface area contributed by atoms with Crippen molar-refractivity contribution in [2.45, 2.75) is 37.8 Å². The number of Topliss-reactive ketones (excluding diaryl/α,β-unsaturated/α-hetero) is 1. The third-order valence-electron chi connectivity index (χ3n) is 4.95. The van der Waals surface area contributed by atoms with Gasteiger partial charge in [-0.25, -0.2) is 0 Å². The second kappa shape index (κ2) is 8.87. The zero-order valence-corrected chi connectivity index (χ0v) is 16.2. The van der Waals surface area contributed by atoms with Crippen LogP contribution >= 0.6 is 23.2 Å². The molecule has 1 saturated carbocycles. The number of aliphatic hydroxyl groups excluding tert-OH is 1. The zero-order valence-electron chi connectivity index (χ0n) is 14.7. The van der Waals surface area contributed by atoms with Gasteiger partial charge in [0.15, 0.2) is 0 Å². The highest BCUT2D eigenvalue weighted by Crippen LogP contribution is 2.27. The first kappa shape index (κ1) is 19.9. The van der Waals surface area contributed by atoms with Crippen LogP contribution in [-0.4, -0.2) is 23.0 Å². The summed E-state index contributed by atoms with van der Waals surface area (Å²) in [5.41, 5.74) is 1.85. The summed E-state index contributed by atoms with van der Waals surface area (Å²) in [6.07, 6.45) is 0.662. The largest absolute Gasteiger partial charge is 0.373 e. The number of carbonyl (C=O) groups is 2. The molecular weight excluding hydrogens is 385 g/mol. The molecule has 3 rings (SSSR count). The number of hydrogen-bond acceptors (Lipinski definition) is 3. The fourth-order valence-corrected chi connectivity index (χ4v) is 3.65. The van der Waals surface area contributed by atoms with Crippen molar-refractivity contribution in [1.29, 1.82) is 0 Å². The molecule has 2 aromatic carbocycles. The normalized spacial score (nSPS) is 18.9. The number of halogens is 2. The molecule has 6 heteroatoms. The van der Waals surface area contributed by atoms with Crippen molar-refractivity contribution >= 4 is 34.9 Å². The van der Waals surface area contributed by atoms with E-state index in [-0.39, 0.29) is 29.9 Å². The molecule has 1 unspecified atom stereocenters. The van der Waals surface area contributed by atoms with Gasteiger partial charge in [-0.15, -0.1) is 0 Å². The number of aliphatic hydroxyl groups is 1. The molecule has 1 aliphatic carbocycles. The summed E-state index contributed by atoms with van der Waals surface area (Å²) in [6.45, 7) is 0. The molecule has 27 heavy (non-hydrogen) atoms. The van der Waals surface area contributed by atoms with Gasteiger partial charge in [0.05, 0.1) is 0 Å². The van der Waals surface area contributed by atoms with Crippen LogP contribution in [0.3, 0.4) is 0 Å². The summed E-state index contributed by atoms with van der Waals surface area (Å²) in [5.74, 6) is -0.887. The van der Waals surface area contributed by atoms with Crippen LogP contribution in [0.1, 0.15) is 36.3 Å². The topological polar surface area (TPSA) is 66.4 Å². The van der Waals surface area contributed by atoms with E-state index in [1.165, 1.54) is 0 Å². The molecule has 1 fully saturated rings. The standard InChI is InChI=1S/C21H21Cl2NO3/c22-16-6-1-13(2-7-16)11-19(14-3-8-17(23)9-4-14)21(27)24-20(26)15-5-10-18(25)12-15/h1-4,6-9,15,19,21,27H,5,10-12H2,(H,24,26)/t15?,19-,21-/m1/s1. The molecule has 0 spiro atoms. The molecule has 1 aliphatic rings. The van der Waals surface area contributed by atoms with Crippen molar-refractivity contribution < 1.29 is 14.7 Å². The van der Waals surface area contributed by atoms with E-state index in [1.807, 2.05) is 24.3 Å². The molecule has 1 amide bonds. The average molecular weight is 406 g/mol. The van der Waals surface area contributed by atoms with Gasteiger partial charge in [-0.05, 0) is 48.2 Å². The summed E-state index contributed by atoms with van der Waals surface area (Å²) in [4.78, 5) is 23.9. The van der Waals surface area contributed by atoms with E-state index in [4.69, 9.17) is 23.2 Å². The van der Waals surface area contributed by atoms with E-state index in [0.717, 1.165) is 11.1 Å². The minimum Gasteiger partial charge on any atom is -0.373 e. The third-order valence-corrected chi connectivity index (χ3v) is 5.46. The summed E-state index contributed by atoms with van der Waals surface area (Å²) in [7, 11) is 0. The molecule has 142 valence electrons. The summed E-state index contributed by atoms with van der Waals surface area (Å²) in [5, 5.41) is 14.7. The Morgan fingerprint density at radius 1 is 1.07 bits per heavy atom. The molecule has 0 bridgehead atoms. The van der Waals surface area contributed by atoms with Crippen LogP contribution in [0.2, 0.25) is 10.0 Å². The van der Waals surface area contributed by atoms with Gasteiger partial charge in [-0.3, -0.25) is 9.59 Å². The van der Waals surface area contributed by atoms with Gasteiger partial charge < -0.3 is 10.4 Å². The third kappa shape index (κ3) is 5.32. The maximum atomic E-state index is 12.4. The number of benzene rings is 2. The first-order valence-electron chi connectivity index (χ1n) is 8.92. The minimum absolute atomic E-state index is 0.0973. The average Bonchev–Trinajstić information content (AvgIpc) is 3.08. The molecular formula is C21H21Cl2NO3. The summed E-state index contributed by atoms with van der Waals surface area (Å²) >= 11 is 11.9. The minimum atomic E-state index is -1.08. The van der Waals surface area contributed by atoms with Crippen molar-refractivity contribution in [2.75, 3.05) is 0 Å². The number of carbonyl (C=O) groups excluding carboxylic acids is 2. The predicted octanol–water partition coefficient (Wildman–Crippen LogP) is 4.12. The quantitative estimate of drug-likeness (QED) is 0.710. The van der Waals surface area contributed by atoms with E-state index in [9.17, 15) is 14.7 Å². The smallest absolute Gasteiger partial charge is 0.225 e. The lowest BCUT2D eigenvalue weighted by atomic mass is 9.90. The fraction of sp³-hybridized carbons (Fsp3) is 0.333. The van der Waals surface area contributed by atoms with E-state index in [1.54, 1.807) is 24.3 Å². The summed E-state index contributed by atoms with van der Waals surface area (Å²) in [6, 6.07) is 14.6. The molecule has 0 saturated heterocycles. The Labute approximate surface area is 168 Å². The Kier molecular flexibility index (Phi) is 6.53. The van der Waals surface area contributed by atoms with E-state index >= 15 is 0 Å². The molecule has 0 heterocycles. The fourth-order valence-electron chi connectivity index (χ4n) is 3.40. The Morgan fingerprint density at radius 2 is 1.67 bits per heavy atom. The number of nitrogens with one attached hydrogen (secondary N) is 1. The van der Waals surface area contributed by atoms with E-state index in [2.05, 4.69) is 5.32 Å². The lowest BCUT2D eigenvalue weighted by Gasteiger charge is -2.25. The van der Waals surface area contributed by atoms with Crippen LogP contribution in [0, 0.1) is 5.92 Å². The van der Waals surface area contributed by atoms with E-state index < -0.39 is 6.23 Å². The van der Waals surface area contributed by atoms with Gasteiger partial charge in [0.1, 0.15) is 12.0 Å². The highest BCUT2D eigenvalue weighted by molar-refractivity contribution is 6.30. The van der Waals surface area contributed by atoms with Crippen molar-refractivity contribution in [3.05, 3.63) is 69.7 Å². The van der Waals surface area contributed by atoms with Gasteiger partial charge >= 0.3 is 0 Å². The molecule has 4 nitrogen and oxygen atoms in total. The molecule has 3 atom stereocenters. The number of amides is 1. The Balaban J connectivity index is 1.77. The second-order valence-corrected chi connectivity index (χ2v) is 7.79. The van der Waals surface area contributed by atoms with Gasteiger partial charge in [0.25, 0.3) is 0 Å². The van der Waals surface area contributed by atoms with Gasteiger partial charge in [0.2, 0.25) is 5.91 Å². The molecule has 0 aliphatic heterocycles. The first-order valence-corrected chi connectivity index (χ1v) is 9.68. The van der Waals surface area contributed by atoms with Crippen molar-refractivity contribution in [3.8, 4) is 0 Å². The zero-order chi connectivity index (χ0) is 19.4. The van der Waals surface area contributed by atoms with Crippen LogP contribution in [0.15, 0.2) is 48.5 Å². The second-order valence-electron chi connectivity index (χ2n) is 6.92. The SMILES string of the molecule is O=C1CCC(C(=O)N[C@H](O)[C@H](Cc2ccc(Cl)cc2)c2ccc(Cl)cc2)C1. The Hall–Kier alpha value is -1.88. The molecule has 0 aromatic heterocycles. The Morgan fingerprint density at radius 3 is 2.22 bits per heavy atom. The first-order chi connectivity index (χ1) is 12.9.